The van der Waals surface area contributed by atoms with Crippen molar-refractivity contribution in [3.8, 4) is 5.75 Å². The van der Waals surface area contributed by atoms with E-state index in [0.717, 1.165) is 85.8 Å². The number of nitrogens with one attached hydrogen (secondary N) is 2. The summed E-state index contributed by atoms with van der Waals surface area (Å²) in [5.74, 6) is -0.530. The largest absolute Gasteiger partial charge is 0.506 e. The number of rotatable bonds is 16. The van der Waals surface area contributed by atoms with E-state index in [1.807, 2.05) is 42.9 Å². The highest BCUT2D eigenvalue weighted by Gasteiger charge is 2.45. The first-order valence-electron chi connectivity index (χ1n) is 22.5. The number of thiophene rings is 2. The minimum Gasteiger partial charge on any atom is -0.506 e. The molecule has 0 bridgehead atoms. The zero-order chi connectivity index (χ0) is 44.7. The molecule has 0 amide bonds. The third-order valence-electron chi connectivity index (χ3n) is 13.9. The molecule has 2 atom stereocenters. The van der Waals surface area contributed by atoms with E-state index >= 15 is 0 Å². The summed E-state index contributed by atoms with van der Waals surface area (Å²) in [6.07, 6.45) is 9.18. The second-order valence-electron chi connectivity index (χ2n) is 19.2. The number of ether oxygens (including phenoxy) is 1. The molecule has 0 aliphatic heterocycles. The third kappa shape index (κ3) is 9.36. The van der Waals surface area contributed by atoms with Crippen LogP contribution in [-0.4, -0.2) is 76.2 Å². The lowest BCUT2D eigenvalue weighted by molar-refractivity contribution is -0.169. The lowest BCUT2D eigenvalue weighted by Gasteiger charge is -2.39. The number of aromatic amines is 1. The quantitative estimate of drug-likeness (QED) is 0.0552. The number of carbonyl (C=O) groups excluding carboxylic acids is 1. The maximum atomic E-state index is 13.6. The summed E-state index contributed by atoms with van der Waals surface area (Å²) in [5.41, 5.74) is 5.78. The first kappa shape index (κ1) is 45.4. The van der Waals surface area contributed by atoms with E-state index in [2.05, 4.69) is 66.7 Å². The lowest BCUT2D eigenvalue weighted by Crippen LogP contribution is -2.43. The predicted octanol–water partition coefficient (Wildman–Crippen LogP) is 9.47. The van der Waals surface area contributed by atoms with Gasteiger partial charge in [-0.05, 0) is 154 Å². The number of aromatic hydroxyl groups is 1. The van der Waals surface area contributed by atoms with Gasteiger partial charge < -0.3 is 39.1 Å². The van der Waals surface area contributed by atoms with E-state index in [1.165, 1.54) is 50.9 Å². The molecule has 6 aromatic rings. The molecule has 0 unspecified atom stereocenters. The Morgan fingerprint density at radius 2 is 1.84 bits per heavy atom. The van der Waals surface area contributed by atoms with E-state index in [1.54, 1.807) is 18.2 Å². The molecule has 4 heterocycles. The highest BCUT2D eigenvalue weighted by atomic mass is 32.1. The van der Waals surface area contributed by atoms with Crippen LogP contribution < -0.4 is 10.9 Å². The Kier molecular flexibility index (Phi) is 13.3. The zero-order valence-corrected chi connectivity index (χ0v) is 40.4. The Labute approximate surface area is 379 Å². The number of aryl methyl sites for hydroxylation is 3. The molecule has 11 nitrogen and oxygen atoms in total. The van der Waals surface area contributed by atoms with Gasteiger partial charge in [0.2, 0.25) is 11.2 Å². The Morgan fingerprint density at radius 1 is 1.06 bits per heavy atom. The van der Waals surface area contributed by atoms with Crippen LogP contribution in [0.15, 0.2) is 71.1 Å². The second kappa shape index (κ2) is 18.4. The minimum atomic E-state index is -2.22. The molecule has 0 spiro atoms. The zero-order valence-electron chi connectivity index (χ0n) is 37.8. The SMILES string of the molecule is Cc1ccc([C@](O)(C(=O)OC2CCC(N(C)CCCn3cnc4cc(CNC[C@H](O[Si](C)(C)C(C)(C)C)c5ccc(O)c6[nH]c(=O)ccc56)c5c(c43)CCC5)CC2)c2cccs2)s1. The Bertz CT molecular complexity index is 2620. The summed E-state index contributed by atoms with van der Waals surface area (Å²) in [7, 11) is -0.00600. The number of phenolic OH excluding ortho intramolecular Hbond substituents is 1. The van der Waals surface area contributed by atoms with Crippen LogP contribution in [0.4, 0.5) is 0 Å². The summed E-state index contributed by atoms with van der Waals surface area (Å²) in [5, 5.41) is 28.9. The molecule has 336 valence electrons. The molecular formula is C49H63N5O6S2Si. The number of pyridine rings is 1. The number of aliphatic hydroxyl groups is 1. The van der Waals surface area contributed by atoms with Gasteiger partial charge in [0.05, 0.1) is 38.7 Å². The number of phenols is 1. The Balaban J connectivity index is 0.885. The lowest BCUT2D eigenvalue weighted by atomic mass is 9.91. The fourth-order valence-electron chi connectivity index (χ4n) is 9.35. The van der Waals surface area contributed by atoms with Gasteiger partial charge in [0, 0.05) is 42.0 Å². The molecule has 2 aromatic carbocycles. The second-order valence-corrected chi connectivity index (χ2v) is 26.2. The van der Waals surface area contributed by atoms with Crippen molar-refractivity contribution in [2.45, 2.75) is 134 Å². The van der Waals surface area contributed by atoms with Crippen molar-refractivity contribution in [2.75, 3.05) is 20.1 Å². The molecule has 0 saturated heterocycles. The first-order chi connectivity index (χ1) is 30.0. The van der Waals surface area contributed by atoms with E-state index in [-0.39, 0.29) is 28.6 Å². The summed E-state index contributed by atoms with van der Waals surface area (Å²) in [6, 6.07) is 17.0. The number of fused-ring (bicyclic) bond motifs is 4. The maximum absolute atomic E-state index is 13.6. The number of hydrogen-bond donors (Lipinski definition) is 4. The molecule has 63 heavy (non-hydrogen) atoms. The summed E-state index contributed by atoms with van der Waals surface area (Å²) in [4.78, 5) is 38.3. The van der Waals surface area contributed by atoms with E-state index in [9.17, 15) is 19.8 Å². The van der Waals surface area contributed by atoms with Crippen molar-refractivity contribution in [3.63, 3.8) is 0 Å². The molecule has 8 rings (SSSR count). The molecule has 1 fully saturated rings. The van der Waals surface area contributed by atoms with E-state index in [0.29, 0.717) is 34.4 Å². The van der Waals surface area contributed by atoms with Crippen molar-refractivity contribution in [3.05, 3.63) is 114 Å². The fourth-order valence-corrected chi connectivity index (χ4v) is 12.5. The van der Waals surface area contributed by atoms with Gasteiger partial charge in [-0.15, -0.1) is 22.7 Å². The van der Waals surface area contributed by atoms with Gasteiger partial charge in [-0.3, -0.25) is 4.79 Å². The van der Waals surface area contributed by atoms with Crippen molar-refractivity contribution in [1.29, 1.82) is 0 Å². The van der Waals surface area contributed by atoms with Crippen LogP contribution in [-0.2, 0) is 45.5 Å². The molecule has 2 aliphatic carbocycles. The number of hydrogen-bond acceptors (Lipinski definition) is 11. The number of H-pyrrole nitrogens is 1. The van der Waals surface area contributed by atoms with E-state index < -0.39 is 19.9 Å². The summed E-state index contributed by atoms with van der Waals surface area (Å²) in [6.45, 7) is 16.3. The van der Waals surface area contributed by atoms with Crippen molar-refractivity contribution in [1.82, 2.24) is 24.8 Å². The van der Waals surface area contributed by atoms with E-state index in [4.69, 9.17) is 14.1 Å². The first-order valence-corrected chi connectivity index (χ1v) is 27.1. The Morgan fingerprint density at radius 3 is 2.56 bits per heavy atom. The third-order valence-corrected chi connectivity index (χ3v) is 20.5. The Hall–Kier alpha value is -4.15. The van der Waals surface area contributed by atoms with Crippen LogP contribution in [0.2, 0.25) is 18.1 Å². The molecule has 4 aromatic heterocycles. The van der Waals surface area contributed by atoms with Crippen LogP contribution in [0.1, 0.15) is 102 Å². The molecular weight excluding hydrogens is 847 g/mol. The van der Waals surface area contributed by atoms with Gasteiger partial charge >= 0.3 is 5.97 Å². The minimum absolute atomic E-state index is 0.00533. The van der Waals surface area contributed by atoms with Gasteiger partial charge in [-0.1, -0.05) is 32.9 Å². The number of nitrogens with zero attached hydrogens (tertiary/aromatic N) is 3. The van der Waals surface area contributed by atoms with Gasteiger partial charge in [0.1, 0.15) is 11.9 Å². The molecule has 1 saturated carbocycles. The van der Waals surface area contributed by atoms with Crippen LogP contribution in [0.5, 0.6) is 5.75 Å². The number of imidazole rings is 1. The van der Waals surface area contributed by atoms with Gasteiger partial charge in [0.15, 0.2) is 8.32 Å². The van der Waals surface area contributed by atoms with Crippen LogP contribution >= 0.6 is 22.7 Å². The smallest absolute Gasteiger partial charge is 0.349 e. The average molecular weight is 910 g/mol. The van der Waals surface area contributed by atoms with Crippen molar-refractivity contribution < 1.29 is 24.2 Å². The molecule has 14 heteroatoms. The molecule has 4 N–H and O–H groups in total. The highest BCUT2D eigenvalue weighted by Crippen LogP contribution is 2.42. The maximum Gasteiger partial charge on any atom is 0.349 e. The summed E-state index contributed by atoms with van der Waals surface area (Å²) < 4.78 is 15.5. The number of esters is 1. The fraction of sp³-hybridized carbons (Fsp3) is 0.490. The predicted molar refractivity (Wildman–Crippen MR) is 256 cm³/mol. The number of benzene rings is 2. The number of aromatic nitrogens is 3. The standard InChI is InChI=1S/C49H63N5O6S2Si/c1-31-14-22-43(62-31)49(58,42-13-9-26-61-42)47(57)59-34-17-15-33(16-18-34)53(5)24-10-25-54-30-51-39-27-32(35-11-8-12-38(35)46(39)54)28-50-29-41(60-63(6,7)48(2,3)4)36-19-21-40(55)45-37(36)20-23-44(56)52-45/h9,13-14,19-23,26-27,30,33-34,41,50,55,58H,8,10-12,15-18,24-25,28-29H2,1-7H3,(H,52,56)/t33?,34?,41-,49-/m0/s1. The molecule has 0 radical (unpaired) electrons. The van der Waals surface area contributed by atoms with Crippen LogP contribution in [0.25, 0.3) is 21.9 Å². The molecule has 2 aliphatic rings. The van der Waals surface area contributed by atoms with Crippen LogP contribution in [0.3, 0.4) is 0 Å². The normalized spacial score (nSPS) is 18.6. The van der Waals surface area contributed by atoms with Crippen LogP contribution in [0, 0.1) is 6.92 Å². The van der Waals surface area contributed by atoms with Gasteiger partial charge in [0.25, 0.3) is 0 Å². The van der Waals surface area contributed by atoms with Gasteiger partial charge in [-0.2, -0.15) is 0 Å². The summed E-state index contributed by atoms with van der Waals surface area (Å²) >= 11 is 2.80. The van der Waals surface area contributed by atoms with Gasteiger partial charge in [-0.25, -0.2) is 9.78 Å². The van der Waals surface area contributed by atoms with Crippen molar-refractivity contribution >= 4 is 58.9 Å². The topological polar surface area (TPSA) is 142 Å². The highest BCUT2D eigenvalue weighted by molar-refractivity contribution is 7.13. The number of carbonyl (C=O) groups is 1. The monoisotopic (exact) mass is 909 g/mol. The van der Waals surface area contributed by atoms with Crippen molar-refractivity contribution in [2.24, 2.45) is 0 Å². The average Bonchev–Trinajstić information content (AvgIpc) is 4.09.